The number of hydrogen-bond donors (Lipinski definition) is 8. The molecule has 6 atom stereocenters. The van der Waals surface area contributed by atoms with Crippen LogP contribution in [0, 0.1) is 5.41 Å². The summed E-state index contributed by atoms with van der Waals surface area (Å²) in [7, 11) is 0. The minimum atomic E-state index is -1.66. The molecule has 0 bridgehead atoms. The Morgan fingerprint density at radius 1 is 1.10 bits per heavy atom. The summed E-state index contributed by atoms with van der Waals surface area (Å²) in [5, 5.41) is 53.9. The number of ether oxygens (including phenoxy) is 2. The monoisotopic (exact) mass is 589 g/mol. The maximum absolute atomic E-state index is 13.6. The van der Waals surface area contributed by atoms with E-state index in [1.807, 2.05) is 0 Å². The van der Waals surface area contributed by atoms with Gasteiger partial charge in [-0.25, -0.2) is 0 Å². The molecule has 2 fully saturated rings. The Morgan fingerprint density at radius 3 is 2.54 bits per heavy atom. The van der Waals surface area contributed by atoms with Crippen LogP contribution in [-0.2, 0) is 14.3 Å². The van der Waals surface area contributed by atoms with Gasteiger partial charge in [-0.3, -0.25) is 15.0 Å². The number of aliphatic hydroxyl groups is 4. The Bertz CT molecular complexity index is 1230. The number of carbonyl (C=O) groups excluding carboxylic acids is 2. The predicted molar refractivity (Wildman–Crippen MR) is 152 cm³/mol. The molecule has 0 spiro atoms. The molecule has 2 aromatic carbocycles. The number of nitrogens with one attached hydrogen (secondary N) is 3. The van der Waals surface area contributed by atoms with Gasteiger partial charge >= 0.3 is 0 Å². The summed E-state index contributed by atoms with van der Waals surface area (Å²) >= 11 is 1.76. The number of amides is 2. The summed E-state index contributed by atoms with van der Waals surface area (Å²) in [6.07, 6.45) is -7.53. The third-order valence-corrected chi connectivity index (χ3v) is 7.79. The molecule has 14 heteroatoms. The SMILES string of the molecule is N=C(N)c1cccc(NC(C(=O)NCC(=O)N2CCSCC2)c2ccccc2OC2OC(CO)C(O)C(O)C2O)c1. The molecule has 13 nitrogen and oxygen atoms in total. The molecule has 222 valence electrons. The lowest BCUT2D eigenvalue weighted by molar-refractivity contribution is -0.277. The van der Waals surface area contributed by atoms with Gasteiger partial charge in [0.1, 0.15) is 42.0 Å². The fraction of sp³-hybridized carbons (Fsp3) is 0.444. The molecule has 4 rings (SSSR count). The van der Waals surface area contributed by atoms with Crippen molar-refractivity contribution in [1.82, 2.24) is 10.2 Å². The summed E-state index contributed by atoms with van der Waals surface area (Å²) in [5.74, 6) is 0.848. The predicted octanol–water partition coefficient (Wildman–Crippen LogP) is -1.01. The van der Waals surface area contributed by atoms with E-state index in [2.05, 4.69) is 10.6 Å². The minimum Gasteiger partial charge on any atom is -0.462 e. The topological polar surface area (TPSA) is 211 Å². The van der Waals surface area contributed by atoms with Crippen LogP contribution in [0.3, 0.4) is 0 Å². The van der Waals surface area contributed by atoms with Gasteiger partial charge in [0.05, 0.1) is 13.2 Å². The smallest absolute Gasteiger partial charge is 0.247 e. The molecular weight excluding hydrogens is 554 g/mol. The van der Waals surface area contributed by atoms with Gasteiger partial charge in [0.25, 0.3) is 0 Å². The third kappa shape index (κ3) is 7.47. The van der Waals surface area contributed by atoms with E-state index in [4.69, 9.17) is 20.6 Å². The fourth-order valence-corrected chi connectivity index (χ4v) is 5.44. The zero-order valence-electron chi connectivity index (χ0n) is 22.2. The molecule has 0 saturated carbocycles. The highest BCUT2D eigenvalue weighted by Crippen LogP contribution is 2.32. The van der Waals surface area contributed by atoms with E-state index in [1.165, 1.54) is 6.07 Å². The van der Waals surface area contributed by atoms with Gasteiger partial charge in [0.2, 0.25) is 18.1 Å². The van der Waals surface area contributed by atoms with Gasteiger partial charge < -0.3 is 51.2 Å². The van der Waals surface area contributed by atoms with E-state index in [-0.39, 0.29) is 24.0 Å². The lowest BCUT2D eigenvalue weighted by atomic mass is 9.99. The molecule has 9 N–H and O–H groups in total. The molecule has 0 aliphatic carbocycles. The summed E-state index contributed by atoms with van der Waals surface area (Å²) in [6.45, 7) is 0.365. The number of hydrogen-bond acceptors (Lipinski definition) is 11. The molecule has 2 aliphatic heterocycles. The average Bonchev–Trinajstić information content (AvgIpc) is 2.99. The van der Waals surface area contributed by atoms with E-state index in [0.717, 1.165) is 11.5 Å². The van der Waals surface area contributed by atoms with Crippen molar-refractivity contribution in [1.29, 1.82) is 5.41 Å². The van der Waals surface area contributed by atoms with Crippen molar-refractivity contribution in [3.05, 3.63) is 59.7 Å². The van der Waals surface area contributed by atoms with Crippen LogP contribution in [0.5, 0.6) is 5.75 Å². The van der Waals surface area contributed by atoms with Gasteiger partial charge in [0.15, 0.2) is 0 Å². The highest BCUT2D eigenvalue weighted by Gasteiger charge is 2.45. The largest absolute Gasteiger partial charge is 0.462 e. The van der Waals surface area contributed by atoms with Crippen LogP contribution in [0.2, 0.25) is 0 Å². The number of aliphatic hydroxyl groups excluding tert-OH is 4. The van der Waals surface area contributed by atoms with Crippen LogP contribution in [-0.4, -0.2) is 111 Å². The number of nitrogen functional groups attached to an aromatic ring is 1. The molecule has 0 radical (unpaired) electrons. The van der Waals surface area contributed by atoms with Crippen LogP contribution in [0.1, 0.15) is 17.2 Å². The van der Waals surface area contributed by atoms with Crippen molar-refractivity contribution in [2.75, 3.05) is 43.1 Å². The molecule has 2 aliphatic rings. The summed E-state index contributed by atoms with van der Waals surface area (Å²) < 4.78 is 11.4. The summed E-state index contributed by atoms with van der Waals surface area (Å²) in [4.78, 5) is 28.0. The number of nitrogens with zero attached hydrogens (tertiary/aromatic N) is 1. The zero-order valence-corrected chi connectivity index (χ0v) is 23.0. The first-order valence-electron chi connectivity index (χ1n) is 13.1. The van der Waals surface area contributed by atoms with Crippen LogP contribution in [0.25, 0.3) is 0 Å². The van der Waals surface area contributed by atoms with E-state index in [1.54, 1.807) is 59.1 Å². The Balaban J connectivity index is 1.60. The lowest BCUT2D eigenvalue weighted by Gasteiger charge is -2.40. The zero-order chi connectivity index (χ0) is 29.5. The first-order valence-corrected chi connectivity index (χ1v) is 14.3. The van der Waals surface area contributed by atoms with Crippen molar-refractivity contribution in [3.63, 3.8) is 0 Å². The number of anilines is 1. The molecule has 0 aromatic heterocycles. The number of carbonyl (C=O) groups is 2. The van der Waals surface area contributed by atoms with Crippen LogP contribution < -0.4 is 21.1 Å². The van der Waals surface area contributed by atoms with E-state index < -0.39 is 49.3 Å². The van der Waals surface area contributed by atoms with E-state index >= 15 is 0 Å². The Kier molecular flexibility index (Phi) is 10.4. The number of rotatable bonds is 10. The number of nitrogens with two attached hydrogens (primary N) is 1. The normalized spacial score (nSPS) is 25.2. The Hall–Kier alpha value is -3.40. The molecule has 2 saturated heterocycles. The van der Waals surface area contributed by atoms with E-state index in [9.17, 15) is 30.0 Å². The first kappa shape index (κ1) is 30.6. The number of benzene rings is 2. The van der Waals surface area contributed by atoms with Gasteiger partial charge in [-0.2, -0.15) is 11.8 Å². The molecule has 2 heterocycles. The second-order valence-electron chi connectivity index (χ2n) is 9.64. The standard InChI is InChI=1S/C27H35N5O8S/c28-25(29)15-4-3-5-16(12-15)31-21(26(38)30-13-20(34)32-8-10-41-11-9-32)17-6-1-2-7-18(17)39-27-24(37)23(36)22(35)19(14-33)40-27/h1-7,12,19,21-24,27,31,33,35-37H,8-11,13-14H2,(H3,28,29)(H,30,38). The average molecular weight is 590 g/mol. The van der Waals surface area contributed by atoms with Gasteiger partial charge in [0, 0.05) is 41.4 Å². The maximum Gasteiger partial charge on any atom is 0.247 e. The number of thioether (sulfide) groups is 1. The molecule has 2 amide bonds. The van der Waals surface area contributed by atoms with Gasteiger partial charge in [-0.15, -0.1) is 0 Å². The lowest BCUT2D eigenvalue weighted by Crippen LogP contribution is -2.60. The Labute approximate surface area is 241 Å². The quantitative estimate of drug-likeness (QED) is 0.124. The molecular formula is C27H35N5O8S. The van der Waals surface area contributed by atoms with Crippen LogP contribution in [0.4, 0.5) is 5.69 Å². The minimum absolute atomic E-state index is 0.103. The second kappa shape index (κ2) is 14.0. The van der Waals surface area contributed by atoms with Crippen molar-refractivity contribution in [2.45, 2.75) is 36.7 Å². The van der Waals surface area contributed by atoms with Crippen LogP contribution in [0.15, 0.2) is 48.5 Å². The van der Waals surface area contributed by atoms with Crippen molar-refractivity contribution in [2.24, 2.45) is 5.73 Å². The van der Waals surface area contributed by atoms with Crippen LogP contribution >= 0.6 is 11.8 Å². The fourth-order valence-electron chi connectivity index (χ4n) is 4.53. The number of amidine groups is 1. The van der Waals surface area contributed by atoms with E-state index in [0.29, 0.717) is 29.9 Å². The summed E-state index contributed by atoms with van der Waals surface area (Å²) in [6, 6.07) is 11.9. The highest BCUT2D eigenvalue weighted by molar-refractivity contribution is 7.99. The first-order chi connectivity index (χ1) is 19.7. The molecule has 41 heavy (non-hydrogen) atoms. The maximum atomic E-state index is 13.6. The van der Waals surface area contributed by atoms with Gasteiger partial charge in [-0.1, -0.05) is 30.3 Å². The number of para-hydroxylation sites is 1. The van der Waals surface area contributed by atoms with Crippen molar-refractivity contribution in [3.8, 4) is 5.75 Å². The molecule has 2 aromatic rings. The van der Waals surface area contributed by atoms with Gasteiger partial charge in [-0.05, 0) is 18.2 Å². The summed E-state index contributed by atoms with van der Waals surface area (Å²) in [5.41, 5.74) is 6.83. The highest BCUT2D eigenvalue weighted by atomic mass is 32.2. The third-order valence-electron chi connectivity index (χ3n) is 6.85. The van der Waals surface area contributed by atoms with Crippen molar-refractivity contribution < 1.29 is 39.5 Å². The van der Waals surface area contributed by atoms with Crippen molar-refractivity contribution >= 4 is 35.1 Å². The second-order valence-corrected chi connectivity index (χ2v) is 10.9. The molecule has 6 unspecified atom stereocenters. The Morgan fingerprint density at radius 2 is 1.83 bits per heavy atom.